The molecule has 2 unspecified atom stereocenters. The Labute approximate surface area is 227 Å². The number of allylic oxidation sites excluding steroid dienone is 2. The molecule has 6 atom stereocenters. The molecule has 208 valence electrons. The van der Waals surface area contributed by atoms with E-state index in [0.717, 1.165) is 75.6 Å². The first-order valence-corrected chi connectivity index (χ1v) is 15.3. The summed E-state index contributed by atoms with van der Waals surface area (Å²) in [4.78, 5) is 19.9. The van der Waals surface area contributed by atoms with Gasteiger partial charge < -0.3 is 19.3 Å². The summed E-state index contributed by atoms with van der Waals surface area (Å²) in [6.07, 6.45) is 17.1. The van der Waals surface area contributed by atoms with Gasteiger partial charge >= 0.3 is 5.63 Å². The molecule has 1 aromatic rings. The number of fused-ring (bicyclic) bond motifs is 5. The maximum absolute atomic E-state index is 12.4. The highest BCUT2D eigenvalue weighted by Crippen LogP contribution is 2.69. The van der Waals surface area contributed by atoms with E-state index in [9.17, 15) is 9.90 Å². The van der Waals surface area contributed by atoms with Gasteiger partial charge in [-0.25, -0.2) is 4.79 Å². The van der Waals surface area contributed by atoms with Gasteiger partial charge in [0.2, 0.25) is 0 Å². The Morgan fingerprint density at radius 2 is 1.89 bits per heavy atom. The second-order valence-corrected chi connectivity index (χ2v) is 13.4. The van der Waals surface area contributed by atoms with Crippen LogP contribution in [0.3, 0.4) is 0 Å². The highest BCUT2D eigenvalue weighted by molar-refractivity contribution is 5.96. The highest BCUT2D eigenvalue weighted by Gasteiger charge is 2.66. The molecule has 0 amide bonds. The van der Waals surface area contributed by atoms with Crippen LogP contribution in [0.2, 0.25) is 0 Å². The topological polar surface area (TPSA) is 75.3 Å². The van der Waals surface area contributed by atoms with Crippen LogP contribution in [0.4, 0.5) is 0 Å². The van der Waals surface area contributed by atoms with Crippen LogP contribution < -0.4 is 5.63 Å². The van der Waals surface area contributed by atoms with Crippen LogP contribution >= 0.6 is 0 Å². The summed E-state index contributed by atoms with van der Waals surface area (Å²) in [5, 5.41) is 17.0. The number of hydrogen-bond acceptors (Lipinski definition) is 6. The number of piperidine rings is 1. The molecule has 1 aliphatic heterocycles. The van der Waals surface area contributed by atoms with E-state index >= 15 is 0 Å². The van der Waals surface area contributed by atoms with Crippen molar-refractivity contribution in [3.63, 3.8) is 0 Å². The molecule has 38 heavy (non-hydrogen) atoms. The fourth-order valence-electron chi connectivity index (χ4n) is 9.38. The number of likely N-dealkylation sites (tertiary alicyclic amines) is 1. The summed E-state index contributed by atoms with van der Waals surface area (Å²) < 4.78 is 5.23. The molecule has 2 heterocycles. The van der Waals surface area contributed by atoms with Crippen LogP contribution in [0.1, 0.15) is 102 Å². The lowest BCUT2D eigenvalue weighted by Crippen LogP contribution is -2.60. The maximum atomic E-state index is 12.4. The third-order valence-electron chi connectivity index (χ3n) is 11.6. The van der Waals surface area contributed by atoms with Crippen molar-refractivity contribution < 1.29 is 14.4 Å². The van der Waals surface area contributed by atoms with Gasteiger partial charge in [-0.3, -0.25) is 0 Å². The smallest absolute Gasteiger partial charge is 0.335 e. The molecule has 5 aliphatic rings. The van der Waals surface area contributed by atoms with Gasteiger partial charge in [-0.2, -0.15) is 0 Å². The molecule has 1 saturated heterocycles. The molecule has 4 aliphatic carbocycles. The van der Waals surface area contributed by atoms with Crippen molar-refractivity contribution in [3.8, 4) is 0 Å². The van der Waals surface area contributed by atoms with E-state index in [2.05, 4.69) is 30.0 Å². The van der Waals surface area contributed by atoms with Crippen molar-refractivity contribution in [1.82, 2.24) is 4.90 Å². The molecule has 6 rings (SSSR count). The fraction of sp³-hybridized carbons (Fsp3) is 0.750. The van der Waals surface area contributed by atoms with Crippen LogP contribution in [0.15, 0.2) is 44.4 Å². The number of nitrogens with zero attached hydrogens (tertiary/aromatic N) is 2. The Balaban J connectivity index is 1.12. The van der Waals surface area contributed by atoms with E-state index in [4.69, 9.17) is 9.25 Å². The fourth-order valence-corrected chi connectivity index (χ4v) is 9.38. The van der Waals surface area contributed by atoms with Crippen LogP contribution in [-0.2, 0) is 4.84 Å². The van der Waals surface area contributed by atoms with Gasteiger partial charge in [0.1, 0.15) is 6.61 Å². The molecule has 0 spiro atoms. The van der Waals surface area contributed by atoms with Crippen LogP contribution in [0.5, 0.6) is 0 Å². The molecule has 0 radical (unpaired) electrons. The number of oxime groups is 1. The van der Waals surface area contributed by atoms with Gasteiger partial charge in [-0.15, -0.1) is 0 Å². The quantitative estimate of drug-likeness (QED) is 0.364. The zero-order chi connectivity index (χ0) is 26.4. The zero-order valence-corrected chi connectivity index (χ0v) is 23.4. The van der Waals surface area contributed by atoms with Gasteiger partial charge in [0.05, 0.1) is 17.6 Å². The molecule has 4 fully saturated rings. The first-order valence-electron chi connectivity index (χ1n) is 15.3. The first-order chi connectivity index (χ1) is 18.3. The van der Waals surface area contributed by atoms with E-state index in [-0.39, 0.29) is 22.4 Å². The standard InChI is InChI=1S/C32H46N2O4/c1-30-14-11-25(33-38-20-6-19-34-17-4-3-5-18-34)21-24(30)8-9-28-27(30)12-15-31(2)26(13-16-32(28,31)36)23-7-10-29(35)37-22-23/h7,10,21-22,26-28,36H,3-6,8-9,11-20H2,1-2H3/b33-25+/t26-,27?,28?,30+,31-,32+/m1/s1. The van der Waals surface area contributed by atoms with E-state index < -0.39 is 5.60 Å². The highest BCUT2D eigenvalue weighted by atomic mass is 16.6. The lowest BCUT2D eigenvalue weighted by Gasteiger charge is -2.61. The van der Waals surface area contributed by atoms with E-state index in [1.54, 1.807) is 6.26 Å². The molecule has 0 bridgehead atoms. The molecule has 6 nitrogen and oxygen atoms in total. The minimum atomic E-state index is -0.670. The van der Waals surface area contributed by atoms with Gasteiger partial charge in [-0.1, -0.05) is 31.0 Å². The Kier molecular flexibility index (Phi) is 7.09. The monoisotopic (exact) mass is 522 g/mol. The summed E-state index contributed by atoms with van der Waals surface area (Å²) in [6.45, 7) is 9.04. The van der Waals surface area contributed by atoms with Crippen LogP contribution in [-0.4, -0.2) is 47.6 Å². The lowest BCUT2D eigenvalue weighted by atomic mass is 9.45. The Morgan fingerprint density at radius 1 is 1.05 bits per heavy atom. The number of rotatable bonds is 6. The van der Waals surface area contributed by atoms with Crippen molar-refractivity contribution in [2.75, 3.05) is 26.2 Å². The zero-order valence-electron chi connectivity index (χ0n) is 23.4. The largest absolute Gasteiger partial charge is 0.431 e. The third-order valence-corrected chi connectivity index (χ3v) is 11.6. The van der Waals surface area contributed by atoms with E-state index in [1.807, 2.05) is 6.07 Å². The first kappa shape index (κ1) is 26.3. The van der Waals surface area contributed by atoms with Gasteiger partial charge in [0, 0.05) is 18.0 Å². The summed E-state index contributed by atoms with van der Waals surface area (Å²) in [5.74, 6) is 1.05. The number of aliphatic hydroxyl groups is 1. The van der Waals surface area contributed by atoms with Crippen molar-refractivity contribution in [3.05, 3.63) is 46.0 Å². The lowest BCUT2D eigenvalue weighted by molar-refractivity contribution is -0.176. The molecule has 1 N–H and O–H groups in total. The van der Waals surface area contributed by atoms with E-state index in [0.29, 0.717) is 18.4 Å². The van der Waals surface area contributed by atoms with Gasteiger partial charge in [-0.05, 0) is 125 Å². The van der Waals surface area contributed by atoms with Gasteiger partial charge in [0.25, 0.3) is 0 Å². The summed E-state index contributed by atoms with van der Waals surface area (Å²) in [5.41, 5.74) is 2.65. The summed E-state index contributed by atoms with van der Waals surface area (Å²) in [6, 6.07) is 3.44. The predicted molar refractivity (Wildman–Crippen MR) is 149 cm³/mol. The second kappa shape index (κ2) is 10.2. The third kappa shape index (κ3) is 4.40. The van der Waals surface area contributed by atoms with Crippen molar-refractivity contribution in [2.24, 2.45) is 27.8 Å². The van der Waals surface area contributed by atoms with Crippen LogP contribution in [0, 0.1) is 22.7 Å². The van der Waals surface area contributed by atoms with Gasteiger partial charge in [0.15, 0.2) is 0 Å². The molecule has 1 aromatic heterocycles. The second-order valence-electron chi connectivity index (χ2n) is 13.4. The minimum absolute atomic E-state index is 0.130. The predicted octanol–water partition coefficient (Wildman–Crippen LogP) is 6.05. The maximum Gasteiger partial charge on any atom is 0.335 e. The average Bonchev–Trinajstić information content (AvgIpc) is 3.21. The van der Waals surface area contributed by atoms with Crippen LogP contribution in [0.25, 0.3) is 0 Å². The molecular weight excluding hydrogens is 476 g/mol. The molecule has 3 saturated carbocycles. The molecular formula is C32H46N2O4. The average molecular weight is 523 g/mol. The van der Waals surface area contributed by atoms with Crippen molar-refractivity contribution in [2.45, 2.75) is 102 Å². The summed E-state index contributed by atoms with van der Waals surface area (Å²) in [7, 11) is 0. The van der Waals surface area contributed by atoms with E-state index in [1.165, 1.54) is 44.0 Å². The Bertz CT molecular complexity index is 1120. The molecule has 0 aromatic carbocycles. The number of hydrogen-bond donors (Lipinski definition) is 1. The van der Waals surface area contributed by atoms with Crippen molar-refractivity contribution in [1.29, 1.82) is 0 Å². The SMILES string of the molecule is C[C@]12CC/C(=N\OCCCN3CCCCC3)C=C1CCC1C2CC[C@]2(C)[C@@H](c3ccc(=O)oc3)CC[C@]12O. The Morgan fingerprint density at radius 3 is 2.68 bits per heavy atom. The normalized spacial score (nSPS) is 40.2. The minimum Gasteiger partial charge on any atom is -0.431 e. The Hall–Kier alpha value is -1.92. The van der Waals surface area contributed by atoms with Crippen molar-refractivity contribution >= 4 is 5.71 Å². The summed E-state index contributed by atoms with van der Waals surface area (Å²) >= 11 is 0. The molecule has 6 heteroatoms.